The summed E-state index contributed by atoms with van der Waals surface area (Å²) in [5, 5.41) is 3.06. The number of aryl methyl sites for hydroxylation is 1. The van der Waals surface area contributed by atoms with Crippen LogP contribution in [0.2, 0.25) is 0 Å². The zero-order chi connectivity index (χ0) is 33.0. The molecule has 0 fully saturated rings. The van der Waals surface area contributed by atoms with Gasteiger partial charge in [-0.1, -0.05) is 42.0 Å². The summed E-state index contributed by atoms with van der Waals surface area (Å²) >= 11 is 6.05. The van der Waals surface area contributed by atoms with Crippen molar-refractivity contribution in [3.63, 3.8) is 0 Å². The smallest absolute Gasteiger partial charge is 0.355 e. The number of aromatic amines is 1. The molecule has 0 saturated carbocycles. The van der Waals surface area contributed by atoms with E-state index in [4.69, 9.17) is 25.8 Å². The van der Waals surface area contributed by atoms with Crippen molar-refractivity contribution < 1.29 is 33.4 Å². The molecule has 2 aromatic carbocycles. The number of esters is 3. The minimum atomic E-state index is -0.588. The maximum absolute atomic E-state index is 13.7. The summed E-state index contributed by atoms with van der Waals surface area (Å²) in [4.78, 5) is 55.7. The molecule has 46 heavy (non-hydrogen) atoms. The second-order valence-corrected chi connectivity index (χ2v) is 11.7. The Morgan fingerprint density at radius 1 is 0.848 bits per heavy atom. The Bertz CT molecular complexity index is 1710. The number of ether oxygens (including phenoxy) is 3. The molecular weight excluding hydrogens is 608 g/mol. The minimum absolute atomic E-state index is 0.00820. The number of rotatable bonds is 13. The lowest BCUT2D eigenvalue weighted by Gasteiger charge is -2.21. The molecule has 1 aromatic heterocycles. The number of carbonyl (C=O) groups is 4. The predicted octanol–water partition coefficient (Wildman–Crippen LogP) is 6.23. The highest BCUT2D eigenvalue weighted by Crippen LogP contribution is 2.54. The lowest BCUT2D eigenvalue weighted by molar-refractivity contribution is -0.143. The van der Waals surface area contributed by atoms with Crippen LogP contribution >= 0.6 is 11.6 Å². The monoisotopic (exact) mass is 646 g/mol. The van der Waals surface area contributed by atoms with Crippen LogP contribution in [0, 0.1) is 0 Å². The van der Waals surface area contributed by atoms with Crippen molar-refractivity contribution >= 4 is 46.7 Å². The zero-order valence-corrected chi connectivity index (χ0v) is 27.3. The number of allylic oxidation sites excluding steroid dienone is 1. The first-order valence-corrected chi connectivity index (χ1v) is 16.3. The summed E-state index contributed by atoms with van der Waals surface area (Å²) in [7, 11) is 0. The number of anilines is 1. The fourth-order valence-corrected chi connectivity index (χ4v) is 6.96. The highest BCUT2D eigenvalue weighted by Gasteiger charge is 2.44. The third-order valence-corrected chi connectivity index (χ3v) is 8.78. The molecule has 0 radical (unpaired) electrons. The van der Waals surface area contributed by atoms with Gasteiger partial charge in [0.25, 0.3) is 0 Å². The van der Waals surface area contributed by atoms with E-state index in [1.807, 2.05) is 43.3 Å². The Labute approximate surface area is 273 Å². The van der Waals surface area contributed by atoms with Gasteiger partial charge >= 0.3 is 17.9 Å². The largest absolute Gasteiger partial charge is 0.466 e. The van der Waals surface area contributed by atoms with E-state index < -0.39 is 23.8 Å². The highest BCUT2D eigenvalue weighted by molar-refractivity contribution is 6.18. The van der Waals surface area contributed by atoms with E-state index in [9.17, 15) is 19.2 Å². The summed E-state index contributed by atoms with van der Waals surface area (Å²) in [5.74, 6) is -1.91. The molecule has 0 bridgehead atoms. The Morgan fingerprint density at radius 3 is 2.28 bits per heavy atom. The molecule has 242 valence electrons. The number of fused-ring (bicyclic) bond motifs is 2. The van der Waals surface area contributed by atoms with Gasteiger partial charge in [-0.05, 0) is 80.0 Å². The molecule has 2 heterocycles. The van der Waals surface area contributed by atoms with Crippen molar-refractivity contribution in [1.29, 1.82) is 0 Å². The average molecular weight is 647 g/mol. The summed E-state index contributed by atoms with van der Waals surface area (Å²) < 4.78 is 15.9. The van der Waals surface area contributed by atoms with Crippen molar-refractivity contribution in [2.24, 2.45) is 0 Å². The van der Waals surface area contributed by atoms with E-state index in [0.717, 1.165) is 39.1 Å². The first-order valence-electron chi connectivity index (χ1n) is 15.8. The fourth-order valence-electron chi connectivity index (χ4n) is 6.75. The first-order chi connectivity index (χ1) is 22.2. The Balaban J connectivity index is 1.71. The van der Waals surface area contributed by atoms with Gasteiger partial charge in [0, 0.05) is 29.5 Å². The van der Waals surface area contributed by atoms with Crippen molar-refractivity contribution in [3.8, 4) is 0 Å². The Hall–Kier alpha value is -4.37. The van der Waals surface area contributed by atoms with Gasteiger partial charge in [-0.15, -0.1) is 11.6 Å². The number of nitrogens with one attached hydrogen (secondary N) is 2. The van der Waals surface area contributed by atoms with Crippen molar-refractivity contribution in [3.05, 3.63) is 92.8 Å². The van der Waals surface area contributed by atoms with Gasteiger partial charge in [-0.3, -0.25) is 14.4 Å². The average Bonchev–Trinajstić information content (AvgIpc) is 3.63. The van der Waals surface area contributed by atoms with Gasteiger partial charge in [0.15, 0.2) is 0 Å². The fraction of sp³-hybridized carbons (Fsp3) is 0.389. The summed E-state index contributed by atoms with van der Waals surface area (Å²) in [6, 6.07) is 13.9. The number of halogens is 1. The molecule has 2 N–H and O–H groups in total. The molecular formula is C36H39ClN2O7. The summed E-state index contributed by atoms with van der Waals surface area (Å²) in [5.41, 5.74) is 8.11. The van der Waals surface area contributed by atoms with Crippen LogP contribution in [0.5, 0.6) is 0 Å². The van der Waals surface area contributed by atoms with Crippen LogP contribution in [-0.4, -0.2) is 54.5 Å². The van der Waals surface area contributed by atoms with Crippen LogP contribution in [0.25, 0.3) is 5.57 Å². The minimum Gasteiger partial charge on any atom is -0.466 e. The second-order valence-electron chi connectivity index (χ2n) is 11.3. The lowest BCUT2D eigenvalue weighted by Crippen LogP contribution is -2.19. The number of alkyl halides is 1. The molecule has 3 aromatic rings. The number of aromatic nitrogens is 1. The topological polar surface area (TPSA) is 124 Å². The highest BCUT2D eigenvalue weighted by atomic mass is 35.5. The van der Waals surface area contributed by atoms with Gasteiger partial charge in [0.1, 0.15) is 5.69 Å². The van der Waals surface area contributed by atoms with Gasteiger partial charge in [0.2, 0.25) is 5.91 Å². The number of benzene rings is 2. The molecule has 0 spiro atoms. The van der Waals surface area contributed by atoms with Crippen molar-refractivity contribution in [2.75, 3.05) is 31.0 Å². The van der Waals surface area contributed by atoms with Gasteiger partial charge in [-0.2, -0.15) is 0 Å². The zero-order valence-electron chi connectivity index (χ0n) is 26.6. The molecule has 2 atom stereocenters. The molecule has 9 nitrogen and oxygen atoms in total. The standard InChI is InChI=1S/C36H39ClN2O7/c1-5-44-28(40)15-13-24-25(19-29(41)45-6-2)33(39-34(24)36(43)46-7-3)31-20(4)30(22-10-8-9-11-23(22)31)32-26-18-21(16-17-37)12-14-27(26)38-35(32)42/h8-12,14,18,30,32,39H,5-7,13,15-17,19H2,1-4H3,(H,38,42). The molecule has 10 heteroatoms. The summed E-state index contributed by atoms with van der Waals surface area (Å²) in [6.07, 6.45) is 0.711. The van der Waals surface area contributed by atoms with Crippen LogP contribution in [0.3, 0.4) is 0 Å². The quantitative estimate of drug-likeness (QED) is 0.128. The number of hydrogen-bond acceptors (Lipinski definition) is 7. The van der Waals surface area contributed by atoms with Crippen LogP contribution in [-0.2, 0) is 47.9 Å². The van der Waals surface area contributed by atoms with Gasteiger partial charge in [-0.25, -0.2) is 4.79 Å². The number of hydrogen-bond donors (Lipinski definition) is 2. The van der Waals surface area contributed by atoms with E-state index in [0.29, 0.717) is 29.1 Å². The first kappa shape index (κ1) is 33.0. The molecule has 2 unspecified atom stereocenters. The van der Waals surface area contributed by atoms with Crippen molar-refractivity contribution in [1.82, 2.24) is 4.98 Å². The second kappa shape index (κ2) is 14.4. The third-order valence-electron chi connectivity index (χ3n) is 8.59. The maximum atomic E-state index is 13.7. The lowest BCUT2D eigenvalue weighted by atomic mass is 9.80. The van der Waals surface area contributed by atoms with E-state index in [1.165, 1.54) is 0 Å². The van der Waals surface area contributed by atoms with Crippen LogP contribution < -0.4 is 5.32 Å². The SMILES string of the molecule is CCOC(=O)CCc1c(C(=O)OCC)[nH]c(C2=C(C)C(C3C(=O)Nc4ccc(CCCl)cc43)c3ccccc32)c1CC(=O)OCC. The van der Waals surface area contributed by atoms with Gasteiger partial charge < -0.3 is 24.5 Å². The normalized spacial score (nSPS) is 16.6. The number of amides is 1. The van der Waals surface area contributed by atoms with Crippen LogP contribution in [0.4, 0.5) is 5.69 Å². The molecule has 1 aliphatic carbocycles. The van der Waals surface area contributed by atoms with Crippen molar-refractivity contribution in [2.45, 2.75) is 65.2 Å². The van der Waals surface area contributed by atoms with Gasteiger partial charge in [0.05, 0.1) is 37.9 Å². The number of H-pyrrole nitrogens is 1. The molecule has 0 saturated heterocycles. The molecule has 1 aliphatic heterocycles. The predicted molar refractivity (Wildman–Crippen MR) is 175 cm³/mol. The van der Waals surface area contributed by atoms with E-state index in [2.05, 4.69) is 16.4 Å². The Morgan fingerprint density at radius 2 is 1.57 bits per heavy atom. The molecule has 5 rings (SSSR count). The summed E-state index contributed by atoms with van der Waals surface area (Å²) in [6.45, 7) is 7.73. The molecule has 1 amide bonds. The van der Waals surface area contributed by atoms with E-state index >= 15 is 0 Å². The third kappa shape index (κ3) is 6.33. The Kier molecular flexibility index (Phi) is 10.3. The van der Waals surface area contributed by atoms with Crippen LogP contribution in [0.15, 0.2) is 48.0 Å². The van der Waals surface area contributed by atoms with E-state index in [1.54, 1.807) is 20.8 Å². The van der Waals surface area contributed by atoms with Crippen LogP contribution in [0.1, 0.15) is 95.5 Å². The molecule has 2 aliphatic rings. The van der Waals surface area contributed by atoms with E-state index in [-0.39, 0.29) is 56.6 Å². The number of carbonyl (C=O) groups excluding carboxylic acids is 4. The maximum Gasteiger partial charge on any atom is 0.355 e.